The molecule has 130 valence electrons. The number of benzene rings is 2. The van der Waals surface area contributed by atoms with Gasteiger partial charge in [-0.25, -0.2) is 0 Å². The number of hydrogen-bond acceptors (Lipinski definition) is 2. The summed E-state index contributed by atoms with van der Waals surface area (Å²) in [5.41, 5.74) is 3.84. The largest absolute Gasteiger partial charge is 0.341 e. The maximum atomic E-state index is 13.3. The molecule has 4 rings (SSSR count). The SMILES string of the molecule is O=C([C@H](N[C@@H]1CCc2ccccc21)c1ccccc1)N1CCCCC1. The highest BCUT2D eigenvalue weighted by atomic mass is 16.2. The summed E-state index contributed by atoms with van der Waals surface area (Å²) < 4.78 is 0. The molecule has 0 saturated carbocycles. The quantitative estimate of drug-likeness (QED) is 0.916. The Balaban J connectivity index is 1.59. The molecule has 2 aliphatic rings. The van der Waals surface area contributed by atoms with Crippen LogP contribution in [0.1, 0.15) is 54.5 Å². The summed E-state index contributed by atoms with van der Waals surface area (Å²) >= 11 is 0. The van der Waals surface area contributed by atoms with E-state index in [0.717, 1.165) is 44.3 Å². The predicted octanol–water partition coefficient (Wildman–Crippen LogP) is 4.02. The van der Waals surface area contributed by atoms with E-state index in [9.17, 15) is 4.79 Å². The second kappa shape index (κ2) is 7.40. The molecule has 0 spiro atoms. The van der Waals surface area contributed by atoms with Gasteiger partial charge in [0.1, 0.15) is 6.04 Å². The highest BCUT2D eigenvalue weighted by molar-refractivity contribution is 5.83. The van der Waals surface area contributed by atoms with Crippen molar-refractivity contribution in [3.05, 3.63) is 71.3 Å². The van der Waals surface area contributed by atoms with Gasteiger partial charge >= 0.3 is 0 Å². The number of carbonyl (C=O) groups excluding carboxylic acids is 1. The summed E-state index contributed by atoms with van der Waals surface area (Å²) in [4.78, 5) is 15.3. The third-order valence-corrected chi connectivity index (χ3v) is 5.55. The molecule has 1 N–H and O–H groups in total. The number of likely N-dealkylation sites (tertiary alicyclic amines) is 1. The molecule has 1 heterocycles. The van der Waals surface area contributed by atoms with Crippen molar-refractivity contribution in [2.75, 3.05) is 13.1 Å². The minimum atomic E-state index is -0.254. The smallest absolute Gasteiger partial charge is 0.244 e. The maximum Gasteiger partial charge on any atom is 0.244 e. The van der Waals surface area contributed by atoms with E-state index in [4.69, 9.17) is 0 Å². The molecule has 1 aliphatic heterocycles. The van der Waals surface area contributed by atoms with Crippen molar-refractivity contribution in [2.24, 2.45) is 0 Å². The molecular formula is C22H26N2O. The van der Waals surface area contributed by atoms with E-state index in [0.29, 0.717) is 0 Å². The lowest BCUT2D eigenvalue weighted by Crippen LogP contribution is -2.44. The molecule has 1 saturated heterocycles. The number of carbonyl (C=O) groups is 1. The second-order valence-corrected chi connectivity index (χ2v) is 7.19. The Hall–Kier alpha value is -2.13. The molecule has 2 aromatic rings. The van der Waals surface area contributed by atoms with E-state index in [-0.39, 0.29) is 18.0 Å². The minimum absolute atomic E-state index is 0.232. The van der Waals surface area contributed by atoms with E-state index < -0.39 is 0 Å². The Bertz CT molecular complexity index is 722. The molecule has 0 radical (unpaired) electrons. The lowest BCUT2D eigenvalue weighted by Gasteiger charge is -2.32. The van der Waals surface area contributed by atoms with Crippen LogP contribution >= 0.6 is 0 Å². The van der Waals surface area contributed by atoms with Crippen LogP contribution in [0.3, 0.4) is 0 Å². The van der Waals surface area contributed by atoms with Crippen LogP contribution in [-0.2, 0) is 11.2 Å². The first-order chi connectivity index (χ1) is 12.3. The van der Waals surface area contributed by atoms with Crippen molar-refractivity contribution in [3.8, 4) is 0 Å². The van der Waals surface area contributed by atoms with Gasteiger partial charge in [-0.1, -0.05) is 54.6 Å². The molecule has 1 fully saturated rings. The highest BCUT2D eigenvalue weighted by Gasteiger charge is 2.31. The van der Waals surface area contributed by atoms with Crippen molar-refractivity contribution in [1.29, 1.82) is 0 Å². The lowest BCUT2D eigenvalue weighted by atomic mass is 10.0. The number of fused-ring (bicyclic) bond motifs is 1. The number of nitrogens with zero attached hydrogens (tertiary/aromatic N) is 1. The Morgan fingerprint density at radius 2 is 1.68 bits per heavy atom. The summed E-state index contributed by atoms with van der Waals surface area (Å²) in [5.74, 6) is 0.232. The second-order valence-electron chi connectivity index (χ2n) is 7.19. The average Bonchev–Trinajstić information content (AvgIpc) is 3.10. The third-order valence-electron chi connectivity index (χ3n) is 5.55. The van der Waals surface area contributed by atoms with Crippen molar-refractivity contribution in [3.63, 3.8) is 0 Å². The third kappa shape index (κ3) is 3.47. The Morgan fingerprint density at radius 1 is 0.960 bits per heavy atom. The molecule has 0 aromatic heterocycles. The monoisotopic (exact) mass is 334 g/mol. The molecular weight excluding hydrogens is 308 g/mol. The van der Waals surface area contributed by atoms with E-state index in [2.05, 4.69) is 46.6 Å². The van der Waals surface area contributed by atoms with Gasteiger partial charge in [-0.2, -0.15) is 0 Å². The molecule has 1 amide bonds. The summed E-state index contributed by atoms with van der Waals surface area (Å²) in [5, 5.41) is 3.69. The van der Waals surface area contributed by atoms with Crippen LogP contribution in [0.4, 0.5) is 0 Å². The van der Waals surface area contributed by atoms with Crippen LogP contribution in [0.15, 0.2) is 54.6 Å². The van der Waals surface area contributed by atoms with Gasteiger partial charge in [0, 0.05) is 19.1 Å². The van der Waals surface area contributed by atoms with Crippen molar-refractivity contribution in [2.45, 2.75) is 44.2 Å². The van der Waals surface area contributed by atoms with Crippen LogP contribution in [0.5, 0.6) is 0 Å². The van der Waals surface area contributed by atoms with Gasteiger partial charge in [-0.15, -0.1) is 0 Å². The molecule has 2 atom stereocenters. The number of nitrogens with one attached hydrogen (secondary N) is 1. The van der Waals surface area contributed by atoms with E-state index in [1.807, 2.05) is 18.2 Å². The maximum absolute atomic E-state index is 13.3. The molecule has 0 bridgehead atoms. The molecule has 25 heavy (non-hydrogen) atoms. The van der Waals surface area contributed by atoms with Gasteiger partial charge in [-0.05, 0) is 48.8 Å². The first kappa shape index (κ1) is 16.3. The van der Waals surface area contributed by atoms with Gasteiger partial charge in [0.05, 0.1) is 0 Å². The number of hydrogen-bond donors (Lipinski definition) is 1. The fraction of sp³-hybridized carbons (Fsp3) is 0.409. The zero-order valence-corrected chi connectivity index (χ0v) is 14.7. The standard InChI is InChI=1S/C22H26N2O/c25-22(24-15-7-2-8-16-24)21(18-10-3-1-4-11-18)23-20-14-13-17-9-5-6-12-19(17)20/h1,3-6,9-12,20-21,23H,2,7-8,13-16H2/t20-,21-/m1/s1. The fourth-order valence-electron chi connectivity index (χ4n) is 4.18. The van der Waals surface area contributed by atoms with E-state index in [1.54, 1.807) is 0 Å². The average molecular weight is 334 g/mol. The number of aryl methyl sites for hydroxylation is 1. The highest BCUT2D eigenvalue weighted by Crippen LogP contribution is 2.33. The number of piperidine rings is 1. The van der Waals surface area contributed by atoms with Crippen LogP contribution in [0.2, 0.25) is 0 Å². The van der Waals surface area contributed by atoms with Gasteiger partial charge in [-0.3, -0.25) is 10.1 Å². The summed E-state index contributed by atoms with van der Waals surface area (Å²) in [6.45, 7) is 1.79. The van der Waals surface area contributed by atoms with E-state index >= 15 is 0 Å². The molecule has 3 heteroatoms. The van der Waals surface area contributed by atoms with Gasteiger partial charge in [0.25, 0.3) is 0 Å². The van der Waals surface area contributed by atoms with Crippen molar-refractivity contribution >= 4 is 5.91 Å². The van der Waals surface area contributed by atoms with E-state index in [1.165, 1.54) is 17.5 Å². The molecule has 2 aromatic carbocycles. The van der Waals surface area contributed by atoms with Crippen LogP contribution in [0.25, 0.3) is 0 Å². The van der Waals surface area contributed by atoms with Crippen LogP contribution in [-0.4, -0.2) is 23.9 Å². The summed E-state index contributed by atoms with van der Waals surface area (Å²) in [6, 6.07) is 18.8. The van der Waals surface area contributed by atoms with Gasteiger partial charge in [0.2, 0.25) is 5.91 Å². The van der Waals surface area contributed by atoms with Crippen LogP contribution < -0.4 is 5.32 Å². The van der Waals surface area contributed by atoms with Crippen molar-refractivity contribution in [1.82, 2.24) is 10.2 Å². The first-order valence-electron chi connectivity index (χ1n) is 9.50. The zero-order chi connectivity index (χ0) is 17.1. The lowest BCUT2D eigenvalue weighted by molar-refractivity contribution is -0.134. The van der Waals surface area contributed by atoms with Crippen LogP contribution in [0, 0.1) is 0 Å². The van der Waals surface area contributed by atoms with Gasteiger partial charge in [0.15, 0.2) is 0 Å². The summed E-state index contributed by atoms with van der Waals surface area (Å²) in [6.07, 6.45) is 5.64. The number of rotatable bonds is 4. The topological polar surface area (TPSA) is 32.3 Å². The molecule has 1 aliphatic carbocycles. The Labute approximate surface area is 150 Å². The molecule has 0 unspecified atom stereocenters. The predicted molar refractivity (Wildman–Crippen MR) is 100 cm³/mol. The minimum Gasteiger partial charge on any atom is -0.341 e. The summed E-state index contributed by atoms with van der Waals surface area (Å²) in [7, 11) is 0. The Morgan fingerprint density at radius 3 is 2.48 bits per heavy atom. The zero-order valence-electron chi connectivity index (χ0n) is 14.7. The van der Waals surface area contributed by atoms with Gasteiger partial charge < -0.3 is 4.90 Å². The molecule has 3 nitrogen and oxygen atoms in total. The normalized spacial score (nSPS) is 21.0. The number of amides is 1. The Kier molecular flexibility index (Phi) is 4.84. The first-order valence-corrected chi connectivity index (χ1v) is 9.50. The van der Waals surface area contributed by atoms with Crippen molar-refractivity contribution < 1.29 is 4.79 Å². The fourth-order valence-corrected chi connectivity index (χ4v) is 4.18.